The second kappa shape index (κ2) is 3.53. The van der Waals surface area contributed by atoms with E-state index in [1.165, 1.54) is 17.7 Å². The van der Waals surface area contributed by atoms with Crippen LogP contribution in [0.25, 0.3) is 0 Å². The second-order valence-corrected chi connectivity index (χ2v) is 4.20. The summed E-state index contributed by atoms with van der Waals surface area (Å²) in [6.45, 7) is 0. The minimum absolute atomic E-state index is 0.456. The van der Waals surface area contributed by atoms with Crippen molar-refractivity contribution < 1.29 is 0 Å². The molecule has 2 heterocycles. The van der Waals surface area contributed by atoms with Crippen LogP contribution in [0.5, 0.6) is 0 Å². The summed E-state index contributed by atoms with van der Waals surface area (Å²) in [5.74, 6) is 0. The first kappa shape index (κ1) is 9.23. The van der Waals surface area contributed by atoms with Crippen LogP contribution in [0.2, 0.25) is 0 Å². The number of benzene rings is 1. The molecule has 0 radical (unpaired) electrons. The topological polar surface area (TPSA) is 28.7 Å². The number of nitrogens with zero attached hydrogens (tertiary/aromatic N) is 2. The molecule has 0 N–H and O–H groups in total. The molecule has 0 unspecified atom stereocenters. The van der Waals surface area contributed by atoms with E-state index < -0.39 is 0 Å². The predicted octanol–water partition coefficient (Wildman–Crippen LogP) is 2.90. The average molecular weight is 208 g/mol. The lowest BCUT2D eigenvalue weighted by Gasteiger charge is -2.13. The third kappa shape index (κ3) is 1.33. The van der Waals surface area contributed by atoms with E-state index in [0.717, 1.165) is 12.0 Å². The van der Waals surface area contributed by atoms with Crippen molar-refractivity contribution in [2.75, 3.05) is 0 Å². The van der Waals surface area contributed by atoms with Gasteiger partial charge < -0.3 is 4.57 Å². The monoisotopic (exact) mass is 208 g/mol. The van der Waals surface area contributed by atoms with Crippen molar-refractivity contribution in [3.8, 4) is 6.07 Å². The molecule has 2 heteroatoms. The molecule has 78 valence electrons. The van der Waals surface area contributed by atoms with Gasteiger partial charge in [0.05, 0.1) is 17.7 Å². The second-order valence-electron chi connectivity index (χ2n) is 4.20. The van der Waals surface area contributed by atoms with Crippen LogP contribution in [0.3, 0.4) is 0 Å². The molecule has 0 aliphatic carbocycles. The van der Waals surface area contributed by atoms with E-state index >= 15 is 0 Å². The summed E-state index contributed by atoms with van der Waals surface area (Å²) in [6, 6.07) is 14.8. The highest BCUT2D eigenvalue weighted by molar-refractivity contribution is 5.34. The van der Waals surface area contributed by atoms with E-state index in [-0.39, 0.29) is 0 Å². The van der Waals surface area contributed by atoms with Gasteiger partial charge in [0.25, 0.3) is 0 Å². The number of hydrogen-bond donors (Lipinski definition) is 0. The Morgan fingerprint density at radius 1 is 1.19 bits per heavy atom. The fourth-order valence-corrected chi connectivity index (χ4v) is 2.48. The van der Waals surface area contributed by atoms with Gasteiger partial charge >= 0.3 is 0 Å². The zero-order valence-electron chi connectivity index (χ0n) is 8.93. The van der Waals surface area contributed by atoms with E-state index in [2.05, 4.69) is 41.1 Å². The van der Waals surface area contributed by atoms with Crippen molar-refractivity contribution in [2.24, 2.45) is 0 Å². The van der Waals surface area contributed by atoms with Crippen molar-refractivity contribution in [2.45, 2.75) is 18.9 Å². The fourth-order valence-electron chi connectivity index (χ4n) is 2.48. The first-order chi connectivity index (χ1) is 7.88. The number of fused-ring (bicyclic) bond motifs is 1. The summed E-state index contributed by atoms with van der Waals surface area (Å²) in [7, 11) is 0. The van der Waals surface area contributed by atoms with Crippen molar-refractivity contribution >= 4 is 0 Å². The summed E-state index contributed by atoms with van der Waals surface area (Å²) in [6.07, 6.45) is 4.46. The van der Waals surface area contributed by atoms with Crippen LogP contribution >= 0.6 is 0 Å². The Morgan fingerprint density at radius 2 is 2.00 bits per heavy atom. The maximum absolute atomic E-state index is 8.76. The van der Waals surface area contributed by atoms with Crippen LogP contribution in [0.4, 0.5) is 0 Å². The zero-order valence-corrected chi connectivity index (χ0v) is 8.93. The highest BCUT2D eigenvalue weighted by atomic mass is 15.0. The van der Waals surface area contributed by atoms with Crippen LogP contribution in [0.1, 0.15) is 29.3 Å². The van der Waals surface area contributed by atoms with Gasteiger partial charge in [0.1, 0.15) is 0 Å². The molecule has 2 aromatic rings. The Morgan fingerprint density at radius 3 is 2.75 bits per heavy atom. The molecule has 1 aliphatic heterocycles. The van der Waals surface area contributed by atoms with Gasteiger partial charge in [0, 0.05) is 11.9 Å². The van der Waals surface area contributed by atoms with Crippen molar-refractivity contribution in [3.05, 3.63) is 59.4 Å². The van der Waals surface area contributed by atoms with Crippen molar-refractivity contribution in [1.82, 2.24) is 4.57 Å². The molecule has 0 spiro atoms. The zero-order chi connectivity index (χ0) is 11.0. The largest absolute Gasteiger partial charge is 0.344 e. The molecular weight excluding hydrogens is 196 g/mol. The van der Waals surface area contributed by atoms with Gasteiger partial charge in [-0.1, -0.05) is 12.1 Å². The SMILES string of the molecule is N#Cc1ccc([C@@H]2CCc3cccn32)cc1. The lowest BCUT2D eigenvalue weighted by molar-refractivity contribution is 0.621. The van der Waals surface area contributed by atoms with E-state index in [0.29, 0.717) is 6.04 Å². The highest BCUT2D eigenvalue weighted by Gasteiger charge is 2.21. The Hall–Kier alpha value is -2.01. The first-order valence-electron chi connectivity index (χ1n) is 5.54. The summed E-state index contributed by atoms with van der Waals surface area (Å²) >= 11 is 0. The van der Waals surface area contributed by atoms with Gasteiger partial charge in [-0.3, -0.25) is 0 Å². The van der Waals surface area contributed by atoms with E-state index in [1.54, 1.807) is 0 Å². The number of hydrogen-bond acceptors (Lipinski definition) is 1. The van der Waals surface area contributed by atoms with Gasteiger partial charge in [-0.15, -0.1) is 0 Å². The molecule has 1 aromatic heterocycles. The molecule has 16 heavy (non-hydrogen) atoms. The Kier molecular flexibility index (Phi) is 2.04. The third-order valence-electron chi connectivity index (χ3n) is 3.30. The molecule has 1 atom stereocenters. The lowest BCUT2D eigenvalue weighted by atomic mass is 10.0. The number of rotatable bonds is 1. The fraction of sp³-hybridized carbons (Fsp3) is 0.214. The average Bonchev–Trinajstić information content (AvgIpc) is 2.91. The smallest absolute Gasteiger partial charge is 0.0991 e. The molecule has 0 saturated heterocycles. The summed E-state index contributed by atoms with van der Waals surface area (Å²) in [5.41, 5.74) is 3.44. The first-order valence-corrected chi connectivity index (χ1v) is 5.54. The van der Waals surface area contributed by atoms with Crippen LogP contribution in [0, 0.1) is 11.3 Å². The molecule has 0 bridgehead atoms. The van der Waals surface area contributed by atoms with E-state index in [9.17, 15) is 0 Å². The van der Waals surface area contributed by atoms with Gasteiger partial charge in [0.15, 0.2) is 0 Å². The van der Waals surface area contributed by atoms with Crippen LogP contribution in [-0.4, -0.2) is 4.57 Å². The Balaban J connectivity index is 1.97. The van der Waals surface area contributed by atoms with Gasteiger partial charge in [-0.05, 0) is 42.7 Å². The minimum atomic E-state index is 0.456. The van der Waals surface area contributed by atoms with Crippen LogP contribution < -0.4 is 0 Å². The molecule has 1 aliphatic rings. The summed E-state index contributed by atoms with van der Waals surface area (Å²) in [5, 5.41) is 8.76. The van der Waals surface area contributed by atoms with Gasteiger partial charge in [-0.2, -0.15) is 5.26 Å². The molecular formula is C14H12N2. The quantitative estimate of drug-likeness (QED) is 0.708. The Labute approximate surface area is 94.8 Å². The molecule has 0 saturated carbocycles. The van der Waals surface area contributed by atoms with E-state index in [1.807, 2.05) is 12.1 Å². The Bertz CT molecular complexity index is 543. The predicted molar refractivity (Wildman–Crippen MR) is 62.0 cm³/mol. The number of aryl methyl sites for hydroxylation is 1. The normalized spacial score (nSPS) is 18.1. The lowest BCUT2D eigenvalue weighted by Crippen LogP contribution is -2.03. The third-order valence-corrected chi connectivity index (χ3v) is 3.30. The summed E-state index contributed by atoms with van der Waals surface area (Å²) < 4.78 is 2.33. The molecule has 2 nitrogen and oxygen atoms in total. The van der Waals surface area contributed by atoms with Crippen LogP contribution in [-0.2, 0) is 6.42 Å². The molecule has 0 fully saturated rings. The van der Waals surface area contributed by atoms with Crippen LogP contribution in [0.15, 0.2) is 42.6 Å². The van der Waals surface area contributed by atoms with Gasteiger partial charge in [-0.25, -0.2) is 0 Å². The highest BCUT2D eigenvalue weighted by Crippen LogP contribution is 2.31. The minimum Gasteiger partial charge on any atom is -0.344 e. The van der Waals surface area contributed by atoms with E-state index in [4.69, 9.17) is 5.26 Å². The number of nitriles is 1. The maximum Gasteiger partial charge on any atom is 0.0991 e. The van der Waals surface area contributed by atoms with Gasteiger partial charge in [0.2, 0.25) is 0 Å². The van der Waals surface area contributed by atoms with Crippen molar-refractivity contribution in [3.63, 3.8) is 0 Å². The summed E-state index contributed by atoms with van der Waals surface area (Å²) in [4.78, 5) is 0. The standard InChI is InChI=1S/C14H12N2/c15-10-11-3-5-12(6-4-11)14-8-7-13-2-1-9-16(13)14/h1-6,9,14H,7-8H2/t14-/m0/s1. The van der Waals surface area contributed by atoms with Crippen molar-refractivity contribution in [1.29, 1.82) is 5.26 Å². The molecule has 1 aromatic carbocycles. The maximum atomic E-state index is 8.76. The number of aromatic nitrogens is 1. The molecule has 0 amide bonds. The molecule has 3 rings (SSSR count).